The van der Waals surface area contributed by atoms with E-state index in [0.29, 0.717) is 12.2 Å². The molecule has 0 spiro atoms. The monoisotopic (exact) mass is 265 g/mol. The van der Waals surface area contributed by atoms with Gasteiger partial charge < -0.3 is 15.8 Å². The van der Waals surface area contributed by atoms with Crippen molar-refractivity contribution in [1.29, 1.82) is 0 Å². The van der Waals surface area contributed by atoms with Crippen LogP contribution >= 0.6 is 0 Å². The van der Waals surface area contributed by atoms with E-state index in [9.17, 15) is 4.79 Å². The Labute approximate surface area is 114 Å². The third-order valence-corrected chi connectivity index (χ3v) is 2.38. The standard InChI is InChI=1S/C14H23N3O2/c1-13(2,3)19-14(4,5)12(18)17-9-11-8-10(15)6-7-16-11/h6-8H,9H2,1-5H3,(H2,15,16)(H,17,18). The minimum atomic E-state index is -0.890. The minimum absolute atomic E-state index is 0.174. The van der Waals surface area contributed by atoms with Crippen LogP contribution in [-0.4, -0.2) is 22.1 Å². The summed E-state index contributed by atoms with van der Waals surface area (Å²) in [5.74, 6) is -0.174. The van der Waals surface area contributed by atoms with Gasteiger partial charge in [0.2, 0.25) is 0 Å². The van der Waals surface area contributed by atoms with E-state index in [2.05, 4.69) is 10.3 Å². The molecule has 0 aliphatic heterocycles. The molecule has 0 saturated heterocycles. The van der Waals surface area contributed by atoms with Crippen LogP contribution in [0.25, 0.3) is 0 Å². The third kappa shape index (κ3) is 5.26. The summed E-state index contributed by atoms with van der Waals surface area (Å²) in [5, 5.41) is 2.81. The van der Waals surface area contributed by atoms with Gasteiger partial charge in [-0.2, -0.15) is 0 Å². The van der Waals surface area contributed by atoms with Crippen LogP contribution in [0.3, 0.4) is 0 Å². The van der Waals surface area contributed by atoms with Crippen molar-refractivity contribution < 1.29 is 9.53 Å². The summed E-state index contributed by atoms with van der Waals surface area (Å²) < 4.78 is 5.74. The fraction of sp³-hybridized carbons (Fsp3) is 0.571. The van der Waals surface area contributed by atoms with Crippen LogP contribution in [0.2, 0.25) is 0 Å². The third-order valence-electron chi connectivity index (χ3n) is 2.38. The first-order valence-electron chi connectivity index (χ1n) is 6.29. The molecule has 106 valence electrons. The second-order valence-corrected chi connectivity index (χ2v) is 5.99. The van der Waals surface area contributed by atoms with Crippen molar-refractivity contribution in [3.8, 4) is 0 Å². The van der Waals surface area contributed by atoms with Gasteiger partial charge >= 0.3 is 0 Å². The Hall–Kier alpha value is -1.62. The van der Waals surface area contributed by atoms with Crippen molar-refractivity contribution >= 4 is 11.6 Å². The maximum atomic E-state index is 12.1. The summed E-state index contributed by atoms with van der Waals surface area (Å²) >= 11 is 0. The van der Waals surface area contributed by atoms with E-state index in [1.54, 1.807) is 32.2 Å². The first kappa shape index (κ1) is 15.4. The van der Waals surface area contributed by atoms with Gasteiger partial charge in [-0.3, -0.25) is 9.78 Å². The Balaban J connectivity index is 2.60. The molecule has 5 heteroatoms. The van der Waals surface area contributed by atoms with Crippen molar-refractivity contribution in [3.63, 3.8) is 0 Å². The lowest BCUT2D eigenvalue weighted by molar-refractivity contribution is -0.159. The van der Waals surface area contributed by atoms with E-state index >= 15 is 0 Å². The molecule has 19 heavy (non-hydrogen) atoms. The van der Waals surface area contributed by atoms with Gasteiger partial charge in [0.1, 0.15) is 5.60 Å². The zero-order valence-corrected chi connectivity index (χ0v) is 12.3. The molecule has 0 bridgehead atoms. The van der Waals surface area contributed by atoms with Crippen LogP contribution in [0, 0.1) is 0 Å². The molecular formula is C14H23N3O2. The Bertz CT molecular complexity index is 450. The molecule has 0 radical (unpaired) electrons. The lowest BCUT2D eigenvalue weighted by atomic mass is 10.1. The summed E-state index contributed by atoms with van der Waals surface area (Å²) in [6, 6.07) is 3.44. The summed E-state index contributed by atoms with van der Waals surface area (Å²) in [6.07, 6.45) is 1.62. The Morgan fingerprint density at radius 1 is 1.37 bits per heavy atom. The highest BCUT2D eigenvalue weighted by Crippen LogP contribution is 2.19. The highest BCUT2D eigenvalue weighted by molar-refractivity contribution is 5.84. The fourth-order valence-electron chi connectivity index (χ4n) is 1.79. The molecule has 3 N–H and O–H groups in total. The van der Waals surface area contributed by atoms with Crippen LogP contribution in [0.1, 0.15) is 40.3 Å². The maximum Gasteiger partial charge on any atom is 0.252 e. The summed E-state index contributed by atoms with van der Waals surface area (Å²) in [6.45, 7) is 9.59. The van der Waals surface area contributed by atoms with Gasteiger partial charge in [0.15, 0.2) is 0 Å². The van der Waals surface area contributed by atoms with Crippen molar-refractivity contribution in [2.24, 2.45) is 0 Å². The van der Waals surface area contributed by atoms with E-state index in [-0.39, 0.29) is 11.5 Å². The molecule has 0 atom stereocenters. The van der Waals surface area contributed by atoms with Crippen LogP contribution in [-0.2, 0) is 16.1 Å². The zero-order chi connectivity index (χ0) is 14.7. The zero-order valence-electron chi connectivity index (χ0n) is 12.3. The minimum Gasteiger partial charge on any atom is -0.399 e. The first-order chi connectivity index (χ1) is 8.60. The number of hydrogen-bond acceptors (Lipinski definition) is 4. The number of carbonyl (C=O) groups excluding carboxylic acids is 1. The molecule has 0 aliphatic carbocycles. The van der Waals surface area contributed by atoms with Crippen LogP contribution in [0.15, 0.2) is 18.3 Å². The smallest absolute Gasteiger partial charge is 0.252 e. The number of nitrogens with one attached hydrogen (secondary N) is 1. The number of hydrogen-bond donors (Lipinski definition) is 2. The summed E-state index contributed by atoms with van der Waals surface area (Å²) in [7, 11) is 0. The molecule has 1 amide bonds. The number of anilines is 1. The molecule has 0 aliphatic rings. The average Bonchev–Trinajstić information content (AvgIpc) is 2.22. The lowest BCUT2D eigenvalue weighted by Crippen LogP contribution is -2.47. The van der Waals surface area contributed by atoms with E-state index in [1.807, 2.05) is 20.8 Å². The number of nitrogen functional groups attached to an aromatic ring is 1. The molecule has 5 nitrogen and oxygen atoms in total. The van der Waals surface area contributed by atoms with Gasteiger partial charge in [-0.15, -0.1) is 0 Å². The average molecular weight is 265 g/mol. The van der Waals surface area contributed by atoms with Crippen LogP contribution in [0.4, 0.5) is 5.69 Å². The second-order valence-electron chi connectivity index (χ2n) is 5.99. The first-order valence-corrected chi connectivity index (χ1v) is 6.29. The second kappa shape index (κ2) is 5.57. The maximum absolute atomic E-state index is 12.1. The van der Waals surface area contributed by atoms with Gasteiger partial charge in [0, 0.05) is 11.9 Å². The Kier molecular flexibility index (Phi) is 4.52. The van der Waals surface area contributed by atoms with Gasteiger partial charge in [0.05, 0.1) is 17.8 Å². The highest BCUT2D eigenvalue weighted by Gasteiger charge is 2.33. The highest BCUT2D eigenvalue weighted by atomic mass is 16.5. The lowest BCUT2D eigenvalue weighted by Gasteiger charge is -2.32. The molecule has 1 rings (SSSR count). The van der Waals surface area contributed by atoms with Crippen molar-refractivity contribution in [1.82, 2.24) is 10.3 Å². The van der Waals surface area contributed by atoms with Gasteiger partial charge in [-0.1, -0.05) is 0 Å². The van der Waals surface area contributed by atoms with E-state index in [1.165, 1.54) is 0 Å². The molecule has 0 unspecified atom stereocenters. The van der Waals surface area contributed by atoms with Crippen molar-refractivity contribution in [2.75, 3.05) is 5.73 Å². The van der Waals surface area contributed by atoms with Crippen LogP contribution in [0.5, 0.6) is 0 Å². The molecule has 1 heterocycles. The largest absolute Gasteiger partial charge is 0.399 e. The topological polar surface area (TPSA) is 77.2 Å². The molecule has 1 aromatic heterocycles. The number of rotatable bonds is 4. The van der Waals surface area contributed by atoms with Crippen molar-refractivity contribution in [3.05, 3.63) is 24.0 Å². The molecule has 1 aromatic rings. The molecule has 0 fully saturated rings. The normalized spacial score (nSPS) is 12.3. The number of nitrogens with two attached hydrogens (primary N) is 1. The Morgan fingerprint density at radius 3 is 2.53 bits per heavy atom. The van der Waals surface area contributed by atoms with Crippen molar-refractivity contribution in [2.45, 2.75) is 52.4 Å². The van der Waals surface area contributed by atoms with Gasteiger partial charge in [0.25, 0.3) is 5.91 Å². The Morgan fingerprint density at radius 2 is 2.00 bits per heavy atom. The quantitative estimate of drug-likeness (QED) is 0.871. The molecular weight excluding hydrogens is 242 g/mol. The van der Waals surface area contributed by atoms with Gasteiger partial charge in [-0.05, 0) is 46.8 Å². The SMILES string of the molecule is CC(C)(C)OC(C)(C)C(=O)NCc1cc(N)ccn1. The van der Waals surface area contributed by atoms with E-state index in [0.717, 1.165) is 5.69 Å². The van der Waals surface area contributed by atoms with E-state index < -0.39 is 5.60 Å². The number of nitrogens with zero attached hydrogens (tertiary/aromatic N) is 1. The predicted octanol–water partition coefficient (Wildman–Crippen LogP) is 1.87. The predicted molar refractivity (Wildman–Crippen MR) is 75.4 cm³/mol. The number of ether oxygens (including phenoxy) is 1. The van der Waals surface area contributed by atoms with Crippen LogP contribution < -0.4 is 11.1 Å². The summed E-state index contributed by atoms with van der Waals surface area (Å²) in [5.41, 5.74) is 5.74. The number of pyridine rings is 1. The fourth-order valence-corrected chi connectivity index (χ4v) is 1.79. The van der Waals surface area contributed by atoms with E-state index in [4.69, 9.17) is 10.5 Å². The van der Waals surface area contributed by atoms with Gasteiger partial charge in [-0.25, -0.2) is 0 Å². The summed E-state index contributed by atoms with van der Waals surface area (Å²) in [4.78, 5) is 16.2. The molecule has 0 aromatic carbocycles. The number of carbonyl (C=O) groups is 1. The number of aromatic nitrogens is 1. The number of amides is 1. The molecule has 0 saturated carbocycles.